The van der Waals surface area contributed by atoms with Crippen LogP contribution in [-0.4, -0.2) is 12.7 Å². The van der Waals surface area contributed by atoms with Crippen LogP contribution in [0.15, 0.2) is 46.4 Å². The van der Waals surface area contributed by atoms with Crippen LogP contribution in [0.1, 0.15) is 6.42 Å². The molecular weight excluding hydrogens is 190 g/mol. The van der Waals surface area contributed by atoms with Crippen LogP contribution in [0.2, 0.25) is 0 Å². The van der Waals surface area contributed by atoms with Gasteiger partial charge in [-0.2, -0.15) is 15.5 Å². The van der Waals surface area contributed by atoms with Crippen LogP contribution >= 0.6 is 0 Å². The Morgan fingerprint density at radius 1 is 1.73 bits per heavy atom. The van der Waals surface area contributed by atoms with E-state index in [2.05, 4.69) is 15.5 Å². The lowest BCUT2D eigenvalue weighted by molar-refractivity contribution is 0.442. The van der Waals surface area contributed by atoms with E-state index in [4.69, 9.17) is 11.0 Å². The normalized spacial score (nSPS) is 25.8. The van der Waals surface area contributed by atoms with Crippen LogP contribution in [0.5, 0.6) is 0 Å². The minimum atomic E-state index is -0.554. The zero-order chi connectivity index (χ0) is 11.1. The minimum Gasteiger partial charge on any atom is -0.310 e. The number of hydrogen-bond acceptors (Lipinski definition) is 5. The highest BCUT2D eigenvalue weighted by atomic mass is 15.1. The number of nitrogens with one attached hydrogen (secondary N) is 1. The van der Waals surface area contributed by atoms with E-state index in [-0.39, 0.29) is 0 Å². The van der Waals surface area contributed by atoms with Crippen molar-refractivity contribution in [2.75, 3.05) is 7.05 Å². The van der Waals surface area contributed by atoms with Crippen LogP contribution in [0.25, 0.3) is 0 Å². The third kappa shape index (κ3) is 3.46. The predicted molar refractivity (Wildman–Crippen MR) is 57.4 cm³/mol. The van der Waals surface area contributed by atoms with Crippen LogP contribution in [0.3, 0.4) is 0 Å². The van der Waals surface area contributed by atoms with E-state index in [9.17, 15) is 0 Å². The summed E-state index contributed by atoms with van der Waals surface area (Å²) < 4.78 is 0. The average Bonchev–Trinajstić information content (AvgIpc) is 2.25. The molecule has 15 heavy (non-hydrogen) atoms. The highest BCUT2D eigenvalue weighted by Crippen LogP contribution is 2.19. The number of nitriles is 1. The Morgan fingerprint density at radius 2 is 2.53 bits per heavy atom. The molecule has 3 N–H and O–H groups in total. The van der Waals surface area contributed by atoms with Crippen molar-refractivity contribution in [3.05, 3.63) is 36.2 Å². The molecule has 0 heterocycles. The first-order valence-corrected chi connectivity index (χ1v) is 4.52. The lowest BCUT2D eigenvalue weighted by atomic mass is 10.00. The lowest BCUT2D eigenvalue weighted by Crippen LogP contribution is -2.50. The molecule has 0 amide bonds. The Balaban J connectivity index is 2.63. The van der Waals surface area contributed by atoms with Gasteiger partial charge >= 0.3 is 0 Å². The van der Waals surface area contributed by atoms with E-state index in [1.165, 1.54) is 12.3 Å². The Bertz CT molecular complexity index is 372. The van der Waals surface area contributed by atoms with Gasteiger partial charge < -0.3 is 5.73 Å². The minimum absolute atomic E-state index is 0.554. The SMILES string of the molecule is CNC1(N)C=CC=C(N=NC=CC#N)C1. The molecule has 1 atom stereocenters. The third-order valence-corrected chi connectivity index (χ3v) is 2.02. The first-order valence-electron chi connectivity index (χ1n) is 4.52. The zero-order valence-electron chi connectivity index (χ0n) is 8.51. The summed E-state index contributed by atoms with van der Waals surface area (Å²) in [7, 11) is 1.79. The van der Waals surface area contributed by atoms with Crippen molar-refractivity contribution < 1.29 is 0 Å². The summed E-state index contributed by atoms with van der Waals surface area (Å²) in [5, 5.41) is 18.9. The monoisotopic (exact) mass is 203 g/mol. The maximum atomic E-state index is 8.23. The van der Waals surface area contributed by atoms with E-state index in [0.29, 0.717) is 6.42 Å². The number of rotatable bonds is 3. The average molecular weight is 203 g/mol. The molecule has 0 aromatic heterocycles. The molecule has 0 spiro atoms. The molecule has 0 bridgehead atoms. The molecular formula is C10H13N5. The Kier molecular flexibility index (Phi) is 3.92. The smallest absolute Gasteiger partial charge is 0.0928 e. The maximum Gasteiger partial charge on any atom is 0.0928 e. The van der Waals surface area contributed by atoms with Gasteiger partial charge in [0.05, 0.1) is 23.6 Å². The van der Waals surface area contributed by atoms with Crippen molar-refractivity contribution in [3.63, 3.8) is 0 Å². The van der Waals surface area contributed by atoms with Gasteiger partial charge in [0, 0.05) is 12.5 Å². The largest absolute Gasteiger partial charge is 0.310 e. The van der Waals surface area contributed by atoms with Gasteiger partial charge in [-0.25, -0.2) is 0 Å². The summed E-state index contributed by atoms with van der Waals surface area (Å²) in [6.07, 6.45) is 8.72. The van der Waals surface area contributed by atoms with Crippen molar-refractivity contribution in [1.82, 2.24) is 5.32 Å². The second kappa shape index (κ2) is 5.20. The van der Waals surface area contributed by atoms with Crippen molar-refractivity contribution >= 4 is 0 Å². The van der Waals surface area contributed by atoms with Gasteiger partial charge in [-0.15, -0.1) is 0 Å². The number of allylic oxidation sites excluding steroid dienone is 3. The van der Waals surface area contributed by atoms with Gasteiger partial charge in [0.15, 0.2) is 0 Å². The van der Waals surface area contributed by atoms with Gasteiger partial charge in [-0.3, -0.25) is 5.32 Å². The fourth-order valence-electron chi connectivity index (χ4n) is 1.16. The molecule has 0 saturated carbocycles. The molecule has 0 aromatic rings. The van der Waals surface area contributed by atoms with Gasteiger partial charge in [-0.1, -0.05) is 6.08 Å². The summed E-state index contributed by atoms with van der Waals surface area (Å²) in [6.45, 7) is 0. The Morgan fingerprint density at radius 3 is 3.20 bits per heavy atom. The summed E-state index contributed by atoms with van der Waals surface area (Å²) >= 11 is 0. The molecule has 1 aliphatic rings. The topological polar surface area (TPSA) is 86.6 Å². The second-order valence-corrected chi connectivity index (χ2v) is 3.14. The summed E-state index contributed by atoms with van der Waals surface area (Å²) in [5.41, 5.74) is 6.19. The van der Waals surface area contributed by atoms with E-state index < -0.39 is 5.66 Å². The fraction of sp³-hybridized carbons (Fsp3) is 0.300. The molecule has 1 rings (SSSR count). The molecule has 1 unspecified atom stereocenters. The van der Waals surface area contributed by atoms with Crippen LogP contribution < -0.4 is 11.1 Å². The van der Waals surface area contributed by atoms with Gasteiger partial charge in [0.25, 0.3) is 0 Å². The highest BCUT2D eigenvalue weighted by molar-refractivity contribution is 5.24. The molecule has 78 valence electrons. The first-order chi connectivity index (χ1) is 7.20. The predicted octanol–water partition coefficient (Wildman–Crippen LogP) is 1.19. The molecule has 1 aliphatic carbocycles. The molecule has 0 aromatic carbocycles. The first kappa shape index (κ1) is 11.3. The van der Waals surface area contributed by atoms with Crippen molar-refractivity contribution in [2.24, 2.45) is 16.0 Å². The number of nitrogens with two attached hydrogens (primary N) is 1. The van der Waals surface area contributed by atoms with Crippen molar-refractivity contribution in [3.8, 4) is 6.07 Å². The van der Waals surface area contributed by atoms with Gasteiger partial charge in [-0.05, 0) is 19.2 Å². The Hall–Kier alpha value is -1.77. The summed E-state index contributed by atoms with van der Waals surface area (Å²) in [6, 6.07) is 1.83. The number of nitrogens with zero attached hydrogens (tertiary/aromatic N) is 3. The molecule has 0 radical (unpaired) electrons. The Labute approximate surface area is 88.7 Å². The van der Waals surface area contributed by atoms with E-state index in [1.54, 1.807) is 7.05 Å². The number of likely N-dealkylation sites (N-methyl/N-ethyl adjacent to an activating group) is 1. The fourth-order valence-corrected chi connectivity index (χ4v) is 1.16. The van der Waals surface area contributed by atoms with Crippen molar-refractivity contribution in [1.29, 1.82) is 5.26 Å². The third-order valence-electron chi connectivity index (χ3n) is 2.02. The zero-order valence-corrected chi connectivity index (χ0v) is 8.51. The van der Waals surface area contributed by atoms with Crippen molar-refractivity contribution in [2.45, 2.75) is 12.1 Å². The summed E-state index contributed by atoms with van der Waals surface area (Å²) in [5.74, 6) is 0. The van der Waals surface area contributed by atoms with Gasteiger partial charge in [0.2, 0.25) is 0 Å². The molecule has 0 aliphatic heterocycles. The number of azo groups is 1. The lowest BCUT2D eigenvalue weighted by Gasteiger charge is -2.27. The second-order valence-electron chi connectivity index (χ2n) is 3.14. The molecule has 5 heteroatoms. The van der Waals surface area contributed by atoms with Gasteiger partial charge in [0.1, 0.15) is 0 Å². The van der Waals surface area contributed by atoms with Crippen LogP contribution in [0, 0.1) is 11.3 Å². The molecule has 0 fully saturated rings. The molecule has 0 saturated heterocycles. The standard InChI is InChI=1S/C10H13N5/c1-13-10(12)5-2-4-9(8-10)15-14-7-3-6-11/h2-5,7,13H,8,12H2,1H3. The highest BCUT2D eigenvalue weighted by Gasteiger charge is 2.22. The quantitative estimate of drug-likeness (QED) is 0.410. The maximum absolute atomic E-state index is 8.23. The van der Waals surface area contributed by atoms with E-state index >= 15 is 0 Å². The van der Waals surface area contributed by atoms with Crippen LogP contribution in [-0.2, 0) is 0 Å². The molecule has 5 nitrogen and oxygen atoms in total. The summed E-state index contributed by atoms with van der Waals surface area (Å²) in [4.78, 5) is 0. The van der Waals surface area contributed by atoms with E-state index in [1.807, 2.05) is 24.3 Å². The van der Waals surface area contributed by atoms with Crippen LogP contribution in [0.4, 0.5) is 0 Å². The number of hydrogen-bond donors (Lipinski definition) is 2. The van der Waals surface area contributed by atoms with E-state index in [0.717, 1.165) is 5.70 Å².